The molecule has 2 rings (SSSR count). The number of nitrogens with one attached hydrogen (secondary N) is 1. The third kappa shape index (κ3) is 4.53. The van der Waals surface area contributed by atoms with Gasteiger partial charge < -0.3 is 5.32 Å². The Morgan fingerprint density at radius 2 is 1.95 bits per heavy atom. The lowest BCUT2D eigenvalue weighted by Crippen LogP contribution is -2.32. The zero-order valence-electron chi connectivity index (χ0n) is 13.2. The van der Waals surface area contributed by atoms with Crippen LogP contribution >= 0.6 is 15.9 Å². The van der Waals surface area contributed by atoms with Crippen molar-refractivity contribution in [3.05, 3.63) is 34.1 Å². The van der Waals surface area contributed by atoms with E-state index in [1.807, 2.05) is 6.07 Å². The van der Waals surface area contributed by atoms with Gasteiger partial charge >= 0.3 is 0 Å². The van der Waals surface area contributed by atoms with E-state index in [-0.39, 0.29) is 5.82 Å². The second kappa shape index (κ2) is 8.28. The van der Waals surface area contributed by atoms with Gasteiger partial charge in [-0.25, -0.2) is 4.39 Å². The Bertz CT molecular complexity index is 441. The van der Waals surface area contributed by atoms with E-state index < -0.39 is 0 Å². The average molecular weight is 356 g/mol. The Kier molecular flexibility index (Phi) is 6.69. The highest BCUT2D eigenvalue weighted by Gasteiger charge is 2.28. The first-order chi connectivity index (χ1) is 10.2. The number of rotatable bonds is 6. The highest BCUT2D eigenvalue weighted by molar-refractivity contribution is 9.10. The van der Waals surface area contributed by atoms with Crippen molar-refractivity contribution in [1.29, 1.82) is 0 Å². The first-order valence-electron chi connectivity index (χ1n) is 8.34. The van der Waals surface area contributed by atoms with Gasteiger partial charge in [-0.1, -0.05) is 55.1 Å². The quantitative estimate of drug-likeness (QED) is 0.675. The minimum Gasteiger partial charge on any atom is -0.310 e. The number of hydrogen-bond acceptors (Lipinski definition) is 1. The first-order valence-corrected chi connectivity index (χ1v) is 9.13. The molecule has 0 radical (unpaired) electrons. The van der Waals surface area contributed by atoms with Crippen molar-refractivity contribution in [3.63, 3.8) is 0 Å². The van der Waals surface area contributed by atoms with Crippen LogP contribution in [0.15, 0.2) is 22.7 Å². The maximum Gasteiger partial charge on any atom is 0.124 e. The molecule has 0 saturated heterocycles. The monoisotopic (exact) mass is 355 g/mol. The van der Waals surface area contributed by atoms with E-state index in [9.17, 15) is 4.39 Å². The van der Waals surface area contributed by atoms with Crippen molar-refractivity contribution >= 4 is 15.9 Å². The molecule has 0 aromatic heterocycles. The van der Waals surface area contributed by atoms with Crippen LogP contribution in [0.2, 0.25) is 0 Å². The summed E-state index contributed by atoms with van der Waals surface area (Å²) in [5.41, 5.74) is 1.21. The summed E-state index contributed by atoms with van der Waals surface area (Å²) < 4.78 is 14.2. The third-order valence-electron chi connectivity index (χ3n) is 4.85. The lowest BCUT2D eigenvalue weighted by molar-refractivity contribution is 0.218. The van der Waals surface area contributed by atoms with Gasteiger partial charge in [-0.05, 0) is 55.3 Å². The van der Waals surface area contributed by atoms with Crippen LogP contribution in [-0.4, -0.2) is 6.54 Å². The van der Waals surface area contributed by atoms with E-state index in [1.165, 1.54) is 37.7 Å². The average Bonchev–Trinajstić information content (AvgIpc) is 2.50. The van der Waals surface area contributed by atoms with Crippen molar-refractivity contribution < 1.29 is 4.39 Å². The van der Waals surface area contributed by atoms with Gasteiger partial charge in [-0.3, -0.25) is 0 Å². The third-order valence-corrected chi connectivity index (χ3v) is 5.54. The molecule has 1 aliphatic carbocycles. The Balaban J connectivity index is 2.14. The van der Waals surface area contributed by atoms with Crippen LogP contribution in [0.4, 0.5) is 4.39 Å². The number of hydrogen-bond donors (Lipinski definition) is 1. The predicted molar refractivity (Wildman–Crippen MR) is 90.9 cm³/mol. The maximum absolute atomic E-state index is 13.4. The molecule has 1 N–H and O–H groups in total. The molecule has 0 aliphatic heterocycles. The fourth-order valence-corrected chi connectivity index (χ4v) is 4.11. The zero-order valence-corrected chi connectivity index (χ0v) is 14.8. The fourth-order valence-electron chi connectivity index (χ4n) is 3.51. The predicted octanol–water partition coefficient (Wildman–Crippen LogP) is 5.85. The van der Waals surface area contributed by atoms with Crippen LogP contribution in [-0.2, 0) is 0 Å². The van der Waals surface area contributed by atoms with Gasteiger partial charge in [-0.2, -0.15) is 0 Å². The summed E-state index contributed by atoms with van der Waals surface area (Å²) in [6.45, 7) is 5.51. The van der Waals surface area contributed by atoms with Crippen molar-refractivity contribution in [3.8, 4) is 0 Å². The molecule has 1 fully saturated rings. The number of benzene rings is 1. The van der Waals surface area contributed by atoms with Crippen LogP contribution in [0.3, 0.4) is 0 Å². The molecule has 21 heavy (non-hydrogen) atoms. The van der Waals surface area contributed by atoms with E-state index in [0.29, 0.717) is 12.0 Å². The summed E-state index contributed by atoms with van der Waals surface area (Å²) >= 11 is 3.55. The van der Waals surface area contributed by atoms with Crippen LogP contribution < -0.4 is 5.32 Å². The summed E-state index contributed by atoms with van der Waals surface area (Å²) in [5.74, 6) is 1.40. The van der Waals surface area contributed by atoms with Gasteiger partial charge in [0.2, 0.25) is 0 Å². The second-order valence-electron chi connectivity index (χ2n) is 6.29. The van der Waals surface area contributed by atoms with Crippen LogP contribution in [0.25, 0.3) is 0 Å². The second-order valence-corrected chi connectivity index (χ2v) is 7.14. The van der Waals surface area contributed by atoms with E-state index in [2.05, 4.69) is 35.1 Å². The van der Waals surface area contributed by atoms with Crippen LogP contribution in [0.1, 0.15) is 64.0 Å². The van der Waals surface area contributed by atoms with Gasteiger partial charge in [0.05, 0.1) is 0 Å². The largest absolute Gasteiger partial charge is 0.310 e. The molecule has 0 spiro atoms. The molecule has 3 heteroatoms. The Hall–Kier alpha value is -0.410. The van der Waals surface area contributed by atoms with E-state index >= 15 is 0 Å². The van der Waals surface area contributed by atoms with Crippen molar-refractivity contribution in [1.82, 2.24) is 5.32 Å². The number of halogens is 2. The Morgan fingerprint density at radius 3 is 2.52 bits per heavy atom. The van der Waals surface area contributed by atoms with E-state index in [1.54, 1.807) is 12.1 Å². The van der Waals surface area contributed by atoms with E-state index in [4.69, 9.17) is 0 Å². The SMILES string of the molecule is CCCNC(c1ccc(F)cc1Br)C1CCC(CC)CC1. The van der Waals surface area contributed by atoms with Crippen LogP contribution in [0, 0.1) is 17.7 Å². The normalized spacial score (nSPS) is 24.0. The smallest absolute Gasteiger partial charge is 0.124 e. The topological polar surface area (TPSA) is 12.0 Å². The minimum atomic E-state index is -0.172. The molecule has 1 aromatic rings. The highest BCUT2D eigenvalue weighted by atomic mass is 79.9. The molecule has 0 heterocycles. The molecule has 0 bridgehead atoms. The van der Waals surface area contributed by atoms with Gasteiger partial charge in [-0.15, -0.1) is 0 Å². The molecule has 1 atom stereocenters. The van der Waals surface area contributed by atoms with Crippen LogP contribution in [0.5, 0.6) is 0 Å². The van der Waals surface area contributed by atoms with E-state index in [0.717, 1.165) is 23.4 Å². The van der Waals surface area contributed by atoms with Crippen molar-refractivity contribution in [2.24, 2.45) is 11.8 Å². The minimum absolute atomic E-state index is 0.172. The zero-order chi connectivity index (χ0) is 15.2. The Morgan fingerprint density at radius 1 is 1.24 bits per heavy atom. The molecule has 1 aliphatic rings. The fraction of sp³-hybridized carbons (Fsp3) is 0.667. The lowest BCUT2D eigenvalue weighted by atomic mass is 9.76. The molecule has 1 unspecified atom stereocenters. The lowest BCUT2D eigenvalue weighted by Gasteiger charge is -2.35. The summed E-state index contributed by atoms with van der Waals surface area (Å²) in [6, 6.07) is 5.46. The Labute approximate surface area is 136 Å². The molecular weight excluding hydrogens is 329 g/mol. The van der Waals surface area contributed by atoms with Gasteiger partial charge in [0.15, 0.2) is 0 Å². The van der Waals surface area contributed by atoms with Gasteiger partial charge in [0.25, 0.3) is 0 Å². The first kappa shape index (κ1) is 17.0. The summed E-state index contributed by atoms with van der Waals surface area (Å²) in [5, 5.41) is 3.70. The van der Waals surface area contributed by atoms with Crippen molar-refractivity contribution in [2.75, 3.05) is 6.54 Å². The van der Waals surface area contributed by atoms with Gasteiger partial charge in [0.1, 0.15) is 5.82 Å². The summed E-state index contributed by atoms with van der Waals surface area (Å²) in [6.07, 6.45) is 7.67. The van der Waals surface area contributed by atoms with Crippen molar-refractivity contribution in [2.45, 2.75) is 58.4 Å². The summed E-state index contributed by atoms with van der Waals surface area (Å²) in [4.78, 5) is 0. The molecule has 0 amide bonds. The maximum atomic E-state index is 13.4. The molecule has 1 nitrogen and oxygen atoms in total. The van der Waals surface area contributed by atoms with Gasteiger partial charge in [0, 0.05) is 10.5 Å². The summed E-state index contributed by atoms with van der Waals surface area (Å²) in [7, 11) is 0. The molecule has 1 saturated carbocycles. The highest BCUT2D eigenvalue weighted by Crippen LogP contribution is 2.39. The standard InChI is InChI=1S/C18H27BrFN/c1-3-11-21-18(14-7-5-13(4-2)6-8-14)16-10-9-15(20)12-17(16)19/h9-10,12-14,18,21H,3-8,11H2,1-2H3. The molecule has 118 valence electrons. The molecule has 1 aromatic carbocycles. The molecular formula is C18H27BrFN.